The van der Waals surface area contributed by atoms with E-state index in [4.69, 9.17) is 20.6 Å². The number of hydrogen-bond acceptors (Lipinski definition) is 7. The fourth-order valence-corrected chi connectivity index (χ4v) is 4.44. The third-order valence-corrected chi connectivity index (χ3v) is 5.97. The summed E-state index contributed by atoms with van der Waals surface area (Å²) in [5.74, 6) is 1.13. The molecule has 0 aliphatic carbocycles. The van der Waals surface area contributed by atoms with Gasteiger partial charge in [0.1, 0.15) is 22.0 Å². The molecule has 4 heterocycles. The van der Waals surface area contributed by atoms with Crippen LogP contribution in [0.25, 0.3) is 32.5 Å². The Morgan fingerprint density at radius 2 is 1.97 bits per heavy atom. The highest BCUT2D eigenvalue weighted by Crippen LogP contribution is 2.39. The van der Waals surface area contributed by atoms with Crippen molar-refractivity contribution in [3.63, 3.8) is 0 Å². The Morgan fingerprint density at radius 1 is 1.07 bits per heavy atom. The number of hydrogen-bond donors (Lipinski definition) is 1. The second-order valence-electron chi connectivity index (χ2n) is 6.90. The third kappa shape index (κ3) is 3.64. The molecule has 0 spiro atoms. The van der Waals surface area contributed by atoms with Crippen molar-refractivity contribution in [2.75, 3.05) is 12.3 Å². The molecule has 146 valence electrons. The van der Waals surface area contributed by atoms with Gasteiger partial charge in [0.2, 0.25) is 0 Å². The molecule has 5 rings (SSSR count). The van der Waals surface area contributed by atoms with E-state index in [0.29, 0.717) is 11.6 Å². The van der Waals surface area contributed by atoms with Crippen LogP contribution in [0.15, 0.2) is 55.0 Å². The molecule has 3 aromatic heterocycles. The molecule has 1 unspecified atom stereocenters. The topological polar surface area (TPSA) is 91.7 Å². The highest BCUT2D eigenvalue weighted by Gasteiger charge is 2.22. The van der Waals surface area contributed by atoms with Crippen molar-refractivity contribution in [2.45, 2.75) is 25.5 Å². The van der Waals surface area contributed by atoms with Gasteiger partial charge in [-0.05, 0) is 31.4 Å². The molecule has 0 radical (unpaired) electrons. The molecule has 1 atom stereocenters. The first kappa shape index (κ1) is 18.0. The van der Waals surface area contributed by atoms with Crippen LogP contribution in [-0.2, 0) is 4.74 Å². The van der Waals surface area contributed by atoms with Gasteiger partial charge in [-0.25, -0.2) is 19.6 Å². The van der Waals surface area contributed by atoms with Crippen LogP contribution in [0.3, 0.4) is 0 Å². The minimum absolute atomic E-state index is 0.0439. The molecule has 1 aliphatic rings. The summed E-state index contributed by atoms with van der Waals surface area (Å²) in [6, 6.07) is 13.8. The minimum atomic E-state index is -0.0439. The van der Waals surface area contributed by atoms with Gasteiger partial charge in [0.05, 0.1) is 5.69 Å². The van der Waals surface area contributed by atoms with Gasteiger partial charge in [0, 0.05) is 23.9 Å². The van der Waals surface area contributed by atoms with Gasteiger partial charge in [-0.1, -0.05) is 30.3 Å². The Bertz CT molecular complexity index is 1120. The largest absolute Gasteiger partial charge is 0.384 e. The average molecular weight is 404 g/mol. The molecule has 4 aromatic rings. The number of pyridine rings is 1. The standard InChI is InChI=1S/C21H20N6OS/c22-16-12-15(9-10-23-16)21-25-18(14-6-2-1-3-7-14)19(29-21)20-24-13-27(26-20)17-8-4-5-11-28-17/h1-3,6-7,9-10,12-13,17H,4-5,8,11H2,(H2,22,23). The summed E-state index contributed by atoms with van der Waals surface area (Å²) in [6.07, 6.45) is 6.61. The fraction of sp³-hybridized carbons (Fsp3) is 0.238. The number of nitrogens with zero attached hydrogens (tertiary/aromatic N) is 5. The van der Waals surface area contributed by atoms with Gasteiger partial charge in [-0.15, -0.1) is 16.4 Å². The second kappa shape index (κ2) is 7.73. The molecule has 1 aliphatic heterocycles. The maximum Gasteiger partial charge on any atom is 0.193 e. The van der Waals surface area contributed by atoms with Crippen LogP contribution in [-0.4, -0.2) is 31.3 Å². The molecule has 1 fully saturated rings. The zero-order valence-corrected chi connectivity index (χ0v) is 16.5. The Balaban J connectivity index is 1.59. The quantitative estimate of drug-likeness (QED) is 0.542. The zero-order valence-electron chi connectivity index (χ0n) is 15.7. The van der Waals surface area contributed by atoms with E-state index in [9.17, 15) is 0 Å². The van der Waals surface area contributed by atoms with Crippen LogP contribution in [0.5, 0.6) is 0 Å². The van der Waals surface area contributed by atoms with Crippen LogP contribution >= 0.6 is 11.3 Å². The number of nitrogens with two attached hydrogens (primary N) is 1. The molecule has 29 heavy (non-hydrogen) atoms. The maximum absolute atomic E-state index is 5.87. The van der Waals surface area contributed by atoms with Crippen LogP contribution in [0, 0.1) is 0 Å². The second-order valence-corrected chi connectivity index (χ2v) is 7.90. The Kier molecular flexibility index (Phi) is 4.79. The highest BCUT2D eigenvalue weighted by molar-refractivity contribution is 7.18. The molecule has 8 heteroatoms. The van der Waals surface area contributed by atoms with Gasteiger partial charge in [-0.3, -0.25) is 0 Å². The molecule has 2 N–H and O–H groups in total. The van der Waals surface area contributed by atoms with E-state index in [0.717, 1.165) is 52.6 Å². The minimum Gasteiger partial charge on any atom is -0.384 e. The van der Waals surface area contributed by atoms with E-state index in [1.807, 2.05) is 47.1 Å². The first-order chi connectivity index (χ1) is 14.3. The highest BCUT2D eigenvalue weighted by atomic mass is 32.1. The summed E-state index contributed by atoms with van der Waals surface area (Å²) in [4.78, 5) is 14.5. The van der Waals surface area contributed by atoms with E-state index in [1.54, 1.807) is 23.9 Å². The summed E-state index contributed by atoms with van der Waals surface area (Å²) >= 11 is 1.56. The van der Waals surface area contributed by atoms with Gasteiger partial charge < -0.3 is 10.5 Å². The lowest BCUT2D eigenvalue weighted by atomic mass is 10.1. The molecule has 1 aromatic carbocycles. The van der Waals surface area contributed by atoms with Crippen molar-refractivity contribution < 1.29 is 4.74 Å². The number of thiazole rings is 1. The first-order valence-electron chi connectivity index (χ1n) is 9.59. The molecular formula is C21H20N6OS. The van der Waals surface area contributed by atoms with Crippen LogP contribution in [0.4, 0.5) is 5.82 Å². The Hall–Kier alpha value is -3.10. The fourth-order valence-electron chi connectivity index (χ4n) is 3.42. The predicted octanol–water partition coefficient (Wildman–Crippen LogP) is 4.41. The summed E-state index contributed by atoms with van der Waals surface area (Å²) in [5.41, 5.74) is 8.69. The Morgan fingerprint density at radius 3 is 2.76 bits per heavy atom. The number of anilines is 1. The zero-order chi connectivity index (χ0) is 19.6. The molecule has 0 bridgehead atoms. The lowest BCUT2D eigenvalue weighted by Gasteiger charge is -2.21. The van der Waals surface area contributed by atoms with Crippen molar-refractivity contribution >= 4 is 17.2 Å². The maximum atomic E-state index is 5.87. The molecule has 0 saturated carbocycles. The van der Waals surface area contributed by atoms with E-state index in [1.165, 1.54) is 0 Å². The number of benzene rings is 1. The number of nitrogen functional groups attached to an aromatic ring is 1. The first-order valence-corrected chi connectivity index (χ1v) is 10.4. The van der Waals surface area contributed by atoms with E-state index in [2.05, 4.69) is 9.97 Å². The third-order valence-electron chi connectivity index (χ3n) is 4.86. The van der Waals surface area contributed by atoms with Crippen LogP contribution in [0.1, 0.15) is 25.5 Å². The van der Waals surface area contributed by atoms with Crippen molar-refractivity contribution in [3.8, 4) is 32.5 Å². The summed E-state index contributed by atoms with van der Waals surface area (Å²) in [6.45, 7) is 0.767. The molecule has 0 amide bonds. The van der Waals surface area contributed by atoms with Crippen LogP contribution < -0.4 is 5.73 Å². The smallest absolute Gasteiger partial charge is 0.193 e. The monoisotopic (exact) mass is 404 g/mol. The van der Waals surface area contributed by atoms with Gasteiger partial charge >= 0.3 is 0 Å². The molecular weight excluding hydrogens is 384 g/mol. The lowest BCUT2D eigenvalue weighted by Crippen LogP contribution is -2.18. The number of aromatic nitrogens is 5. The van der Waals surface area contributed by atoms with Crippen molar-refractivity contribution in [3.05, 3.63) is 55.0 Å². The van der Waals surface area contributed by atoms with Gasteiger partial charge in [-0.2, -0.15) is 0 Å². The normalized spacial score (nSPS) is 16.8. The number of ether oxygens (including phenoxy) is 1. The molecule has 1 saturated heterocycles. The van der Waals surface area contributed by atoms with Crippen molar-refractivity contribution in [1.82, 2.24) is 24.7 Å². The average Bonchev–Trinajstić information content (AvgIpc) is 3.43. The van der Waals surface area contributed by atoms with Gasteiger partial charge in [0.15, 0.2) is 12.1 Å². The lowest BCUT2D eigenvalue weighted by molar-refractivity contribution is -0.0395. The predicted molar refractivity (Wildman–Crippen MR) is 113 cm³/mol. The SMILES string of the molecule is Nc1cc(-c2nc(-c3ccccc3)c(-c3ncn(C4CCCCO4)n3)s2)ccn1. The number of rotatable bonds is 4. The van der Waals surface area contributed by atoms with E-state index >= 15 is 0 Å². The van der Waals surface area contributed by atoms with E-state index in [-0.39, 0.29) is 6.23 Å². The van der Waals surface area contributed by atoms with Crippen molar-refractivity contribution in [1.29, 1.82) is 0 Å². The summed E-state index contributed by atoms with van der Waals surface area (Å²) in [5, 5.41) is 5.59. The van der Waals surface area contributed by atoms with Gasteiger partial charge in [0.25, 0.3) is 0 Å². The summed E-state index contributed by atoms with van der Waals surface area (Å²) in [7, 11) is 0. The molecule has 7 nitrogen and oxygen atoms in total. The van der Waals surface area contributed by atoms with E-state index < -0.39 is 0 Å². The Labute approximate surface area is 172 Å². The van der Waals surface area contributed by atoms with Crippen molar-refractivity contribution in [2.24, 2.45) is 0 Å². The van der Waals surface area contributed by atoms with Crippen LogP contribution in [0.2, 0.25) is 0 Å². The summed E-state index contributed by atoms with van der Waals surface area (Å²) < 4.78 is 7.67.